The molecule has 2 saturated heterocycles. The standard InChI is InChI=1S/C16H20BO8/c18-11-15(7-3-1-4-8-15)12(19)23-17(22-11)24-13(20)16(14(21)25-17)9-5-2-6-10-16/h1-10H2/q-1. The maximum absolute atomic E-state index is 12.5. The van der Waals surface area contributed by atoms with E-state index in [4.69, 9.17) is 18.6 Å². The van der Waals surface area contributed by atoms with E-state index >= 15 is 0 Å². The fourth-order valence-electron chi connectivity index (χ4n) is 4.41. The summed E-state index contributed by atoms with van der Waals surface area (Å²) < 4.78 is 20.6. The predicted molar refractivity (Wildman–Crippen MR) is 81.2 cm³/mol. The predicted octanol–water partition coefficient (Wildman–Crippen LogP) is 1.52. The number of hydrogen-bond donors (Lipinski definition) is 0. The third-order valence-corrected chi connectivity index (χ3v) is 5.98. The molecule has 9 heteroatoms. The van der Waals surface area contributed by atoms with Crippen molar-refractivity contribution in [2.75, 3.05) is 0 Å². The molecule has 4 aliphatic rings. The highest BCUT2D eigenvalue weighted by atomic mass is 16.9. The minimum absolute atomic E-state index is 0.322. The molecule has 2 heterocycles. The Kier molecular flexibility index (Phi) is 3.59. The Labute approximate surface area is 144 Å². The lowest BCUT2D eigenvalue weighted by molar-refractivity contribution is -0.201. The van der Waals surface area contributed by atoms with Gasteiger partial charge < -0.3 is 18.6 Å². The Bertz CT molecular complexity index is 545. The average molecular weight is 351 g/mol. The van der Waals surface area contributed by atoms with Crippen molar-refractivity contribution in [2.45, 2.75) is 64.2 Å². The van der Waals surface area contributed by atoms with Crippen molar-refractivity contribution in [3.8, 4) is 0 Å². The third kappa shape index (κ3) is 2.28. The van der Waals surface area contributed by atoms with Crippen LogP contribution in [-0.2, 0) is 37.8 Å². The van der Waals surface area contributed by atoms with Crippen LogP contribution in [-0.4, -0.2) is 30.8 Å². The van der Waals surface area contributed by atoms with Crippen LogP contribution in [0.4, 0.5) is 0 Å². The van der Waals surface area contributed by atoms with Crippen molar-refractivity contribution < 1.29 is 37.8 Å². The number of carbonyl (C=O) groups excluding carboxylic acids is 4. The number of rotatable bonds is 0. The summed E-state index contributed by atoms with van der Waals surface area (Å²) in [4.78, 5) is 50.2. The van der Waals surface area contributed by atoms with Crippen LogP contribution in [0.15, 0.2) is 0 Å². The van der Waals surface area contributed by atoms with Gasteiger partial charge in [0, 0.05) is 0 Å². The van der Waals surface area contributed by atoms with E-state index in [1.54, 1.807) is 0 Å². The zero-order chi connectivity index (χ0) is 17.7. The topological polar surface area (TPSA) is 105 Å². The fourth-order valence-corrected chi connectivity index (χ4v) is 4.41. The molecule has 0 aromatic heterocycles. The number of carbonyl (C=O) groups is 4. The third-order valence-electron chi connectivity index (χ3n) is 5.98. The van der Waals surface area contributed by atoms with E-state index in [1.807, 2.05) is 0 Å². The van der Waals surface area contributed by atoms with Gasteiger partial charge in [0.2, 0.25) is 0 Å². The second kappa shape index (κ2) is 5.47. The molecule has 8 nitrogen and oxygen atoms in total. The average Bonchev–Trinajstić information content (AvgIpc) is 2.60. The molecule has 4 rings (SSSR count). The highest BCUT2D eigenvalue weighted by molar-refractivity contribution is 6.64. The van der Waals surface area contributed by atoms with E-state index in [-0.39, 0.29) is 0 Å². The second-order valence-corrected chi connectivity index (χ2v) is 7.48. The van der Waals surface area contributed by atoms with Gasteiger partial charge >= 0.3 is 6.96 Å². The summed E-state index contributed by atoms with van der Waals surface area (Å²) in [5.74, 6) is -3.32. The summed E-state index contributed by atoms with van der Waals surface area (Å²) in [6, 6.07) is 0. The van der Waals surface area contributed by atoms with Crippen molar-refractivity contribution in [2.24, 2.45) is 10.8 Å². The summed E-state index contributed by atoms with van der Waals surface area (Å²) in [5.41, 5.74) is -2.74. The van der Waals surface area contributed by atoms with Gasteiger partial charge in [0.15, 0.2) is 10.8 Å². The van der Waals surface area contributed by atoms with Crippen LogP contribution in [0, 0.1) is 10.8 Å². The number of hydrogen-bond acceptors (Lipinski definition) is 8. The van der Waals surface area contributed by atoms with Crippen molar-refractivity contribution in [3.63, 3.8) is 0 Å². The molecule has 0 N–H and O–H groups in total. The summed E-state index contributed by atoms with van der Waals surface area (Å²) in [5, 5.41) is 0. The van der Waals surface area contributed by atoms with Gasteiger partial charge in [-0.1, -0.05) is 38.5 Å². The molecule has 2 saturated carbocycles. The molecule has 0 radical (unpaired) electrons. The van der Waals surface area contributed by atoms with E-state index in [1.165, 1.54) is 0 Å². The summed E-state index contributed by atoms with van der Waals surface area (Å²) >= 11 is 0. The lowest BCUT2D eigenvalue weighted by atomic mass is 9.70. The molecule has 0 aromatic rings. The van der Waals surface area contributed by atoms with Gasteiger partial charge in [-0.15, -0.1) is 0 Å². The summed E-state index contributed by atoms with van der Waals surface area (Å²) in [6.45, 7) is -3.48. The zero-order valence-electron chi connectivity index (χ0n) is 13.9. The smallest absolute Gasteiger partial charge is 0.584 e. The van der Waals surface area contributed by atoms with Crippen LogP contribution in [0.2, 0.25) is 0 Å². The lowest BCUT2D eigenvalue weighted by Crippen LogP contribution is -2.69. The van der Waals surface area contributed by atoms with Gasteiger partial charge in [-0.25, -0.2) is 0 Å². The molecule has 0 unspecified atom stereocenters. The summed E-state index contributed by atoms with van der Waals surface area (Å²) in [6.07, 6.45) is 5.94. The SMILES string of the molecule is O=C1O[B-]2(OC(=O)C13CCCCC3)OC(=O)C1(CCCCC1)C(=O)O2. The Morgan fingerprint density at radius 2 is 0.800 bits per heavy atom. The van der Waals surface area contributed by atoms with E-state index in [0.717, 1.165) is 12.8 Å². The Morgan fingerprint density at radius 1 is 0.520 bits per heavy atom. The van der Waals surface area contributed by atoms with Gasteiger partial charge in [-0.2, -0.15) is 0 Å². The molecule has 2 aliphatic carbocycles. The monoisotopic (exact) mass is 351 g/mol. The Balaban J connectivity index is 1.58. The molecule has 2 aliphatic heterocycles. The van der Waals surface area contributed by atoms with Gasteiger partial charge in [0.25, 0.3) is 23.9 Å². The molecule has 4 fully saturated rings. The quantitative estimate of drug-likeness (QED) is 0.478. The maximum Gasteiger partial charge on any atom is 0.784 e. The molecule has 136 valence electrons. The first kappa shape index (κ1) is 16.4. The largest absolute Gasteiger partial charge is 0.784 e. The van der Waals surface area contributed by atoms with Crippen molar-refractivity contribution >= 4 is 30.8 Å². The molecule has 0 aromatic carbocycles. The summed E-state index contributed by atoms with van der Waals surface area (Å²) in [7, 11) is 0. The van der Waals surface area contributed by atoms with E-state index < -0.39 is 41.7 Å². The van der Waals surface area contributed by atoms with Crippen LogP contribution >= 0.6 is 0 Å². The van der Waals surface area contributed by atoms with Crippen LogP contribution in [0.25, 0.3) is 0 Å². The minimum Gasteiger partial charge on any atom is -0.584 e. The van der Waals surface area contributed by atoms with Crippen molar-refractivity contribution in [3.05, 3.63) is 0 Å². The van der Waals surface area contributed by atoms with Gasteiger partial charge in [0.05, 0.1) is 0 Å². The van der Waals surface area contributed by atoms with E-state index in [9.17, 15) is 19.2 Å². The normalized spacial score (nSPS) is 29.8. The minimum atomic E-state index is -3.48. The van der Waals surface area contributed by atoms with E-state index in [2.05, 4.69) is 0 Å². The molecular formula is C16H20BO8-. The molecule has 0 atom stereocenters. The van der Waals surface area contributed by atoms with Crippen LogP contribution < -0.4 is 0 Å². The van der Waals surface area contributed by atoms with Crippen molar-refractivity contribution in [1.29, 1.82) is 0 Å². The highest BCUT2D eigenvalue weighted by Gasteiger charge is 2.66. The first-order valence-corrected chi connectivity index (χ1v) is 8.99. The Morgan fingerprint density at radius 3 is 1.08 bits per heavy atom. The lowest BCUT2D eigenvalue weighted by Gasteiger charge is -2.52. The molecule has 3 spiro atoms. The van der Waals surface area contributed by atoms with Crippen molar-refractivity contribution in [1.82, 2.24) is 0 Å². The Hall–Kier alpha value is -2.06. The van der Waals surface area contributed by atoms with E-state index in [0.29, 0.717) is 51.4 Å². The first-order chi connectivity index (χ1) is 11.9. The maximum atomic E-state index is 12.5. The van der Waals surface area contributed by atoms with Gasteiger partial charge in [0.1, 0.15) is 0 Å². The van der Waals surface area contributed by atoms with Crippen LogP contribution in [0.3, 0.4) is 0 Å². The fraction of sp³-hybridized carbons (Fsp3) is 0.750. The highest BCUT2D eigenvalue weighted by Crippen LogP contribution is 2.47. The zero-order valence-corrected chi connectivity index (χ0v) is 13.9. The second-order valence-electron chi connectivity index (χ2n) is 7.48. The van der Waals surface area contributed by atoms with Crippen LogP contribution in [0.5, 0.6) is 0 Å². The van der Waals surface area contributed by atoms with Gasteiger partial charge in [-0.3, -0.25) is 19.2 Å². The van der Waals surface area contributed by atoms with Gasteiger partial charge in [-0.05, 0) is 25.7 Å². The molecule has 25 heavy (non-hydrogen) atoms. The first-order valence-electron chi connectivity index (χ1n) is 8.99. The molecule has 0 amide bonds. The van der Waals surface area contributed by atoms with Crippen LogP contribution in [0.1, 0.15) is 64.2 Å². The molecular weight excluding hydrogens is 331 g/mol. The molecule has 0 bridgehead atoms.